The van der Waals surface area contributed by atoms with Crippen molar-refractivity contribution in [2.24, 2.45) is 28.8 Å². The molecule has 424 valence electrons. The van der Waals surface area contributed by atoms with Crippen LogP contribution in [-0.4, -0.2) is 200 Å². The van der Waals surface area contributed by atoms with Crippen molar-refractivity contribution in [2.75, 3.05) is 41.0 Å². The number of aliphatic hydroxyl groups excluding tert-OH is 4. The molecule has 0 spiro atoms. The lowest BCUT2D eigenvalue weighted by atomic mass is 9.68. The van der Waals surface area contributed by atoms with Gasteiger partial charge in [-0.3, -0.25) is 14.6 Å². The van der Waals surface area contributed by atoms with Gasteiger partial charge in [-0.25, -0.2) is 4.39 Å². The molecule has 3 aliphatic heterocycles. The molecule has 0 saturated carbocycles. The lowest BCUT2D eigenvalue weighted by molar-refractivity contribution is -0.302. The lowest BCUT2D eigenvalue weighted by Gasteiger charge is -2.51. The Balaban J connectivity index is 1.39. The average molecular weight is 1060 g/mol. The second-order valence-corrected chi connectivity index (χ2v) is 22.6. The van der Waals surface area contributed by atoms with Crippen LogP contribution in [0.1, 0.15) is 119 Å². The van der Waals surface area contributed by atoms with Gasteiger partial charge >= 0.3 is 5.97 Å². The molecular weight excluding hydrogens is 974 g/mol. The maximum absolute atomic E-state index is 14.6. The summed E-state index contributed by atoms with van der Waals surface area (Å²) >= 11 is 0. The largest absolute Gasteiger partial charge is 0.459 e. The van der Waals surface area contributed by atoms with Crippen molar-refractivity contribution in [2.45, 2.75) is 197 Å². The Kier molecular flexibility index (Phi) is 21.7. The van der Waals surface area contributed by atoms with Crippen LogP contribution in [0.4, 0.5) is 4.39 Å². The number of esters is 1. The number of halogens is 1. The van der Waals surface area contributed by atoms with Gasteiger partial charge in [0.25, 0.3) is 0 Å². The summed E-state index contributed by atoms with van der Waals surface area (Å²) in [5, 5.41) is 85.6. The van der Waals surface area contributed by atoms with E-state index in [-0.39, 0.29) is 38.1 Å². The fraction of sp³-hybridized carbons (Fsp3) is 0.745. The van der Waals surface area contributed by atoms with Gasteiger partial charge < -0.3 is 74.6 Å². The standard InChI is InChI=1S/C55H88FN5O14/c1-14-43-55(10,69)48(65)34(6)61(12)29-30(2)24-53(8,68)50(32(4)45(33(5)51(67)74-43)42-25-54(9,71-13)49(66)35(7)73-42)75-52-47(64)41(23-31(3)72-52)60(11)22-21-44(62)59-40(26-56)46(63)37-17-15-36(16-18-37)38-19-20-39(28-58-70)57-27-38/h15-20,27-28,30-35,40-43,45-50,52,63-66,68-70H,14,21-26,29H2,1-13H3,(H,59,62)/b58-28+/t30-,31-,32+,33-,34-,35+,40-,41+,42-,43-,45?,46-,47-,48-,49+,50-,52+,53-,54-,55-/m1/s1. The molecule has 4 heterocycles. The first-order chi connectivity index (χ1) is 35.1. The quantitative estimate of drug-likeness (QED) is 0.0543. The first-order valence-corrected chi connectivity index (χ1v) is 26.5. The Morgan fingerprint density at radius 3 is 2.25 bits per heavy atom. The highest BCUT2D eigenvalue weighted by atomic mass is 19.1. The Morgan fingerprint density at radius 2 is 1.67 bits per heavy atom. The molecule has 1 aromatic heterocycles. The van der Waals surface area contributed by atoms with Gasteiger partial charge in [0.2, 0.25) is 5.91 Å². The van der Waals surface area contributed by atoms with Crippen LogP contribution < -0.4 is 5.32 Å². The molecule has 20 atom stereocenters. The summed E-state index contributed by atoms with van der Waals surface area (Å²) in [7, 11) is 5.06. The molecule has 1 aromatic carbocycles. The molecule has 75 heavy (non-hydrogen) atoms. The molecule has 3 aliphatic rings. The molecule has 0 radical (unpaired) electrons. The fourth-order valence-electron chi connectivity index (χ4n) is 11.9. The van der Waals surface area contributed by atoms with E-state index in [1.165, 1.54) is 20.2 Å². The van der Waals surface area contributed by atoms with E-state index >= 15 is 0 Å². The third kappa shape index (κ3) is 14.7. The van der Waals surface area contributed by atoms with Gasteiger partial charge in [-0.2, -0.15) is 0 Å². The van der Waals surface area contributed by atoms with Crippen LogP contribution in [0.15, 0.2) is 47.8 Å². The Morgan fingerprint density at radius 1 is 1.01 bits per heavy atom. The van der Waals surface area contributed by atoms with Crippen molar-refractivity contribution in [3.63, 3.8) is 0 Å². The van der Waals surface area contributed by atoms with Crippen molar-refractivity contribution in [1.29, 1.82) is 0 Å². The third-order valence-electron chi connectivity index (χ3n) is 16.6. The number of pyridine rings is 1. The van der Waals surface area contributed by atoms with E-state index in [4.69, 9.17) is 28.9 Å². The number of hydrogen-bond acceptors (Lipinski definition) is 18. The molecule has 0 aliphatic carbocycles. The number of nitrogens with zero attached hydrogens (tertiary/aromatic N) is 4. The molecule has 1 amide bonds. The topological polar surface area (TPSA) is 266 Å². The fourth-order valence-corrected chi connectivity index (χ4v) is 11.9. The van der Waals surface area contributed by atoms with Crippen molar-refractivity contribution in [1.82, 2.24) is 20.1 Å². The first kappa shape index (κ1) is 62.1. The number of cyclic esters (lactones) is 1. The van der Waals surface area contributed by atoms with Gasteiger partial charge in [-0.15, -0.1) is 0 Å². The molecule has 19 nitrogen and oxygen atoms in total. The van der Waals surface area contributed by atoms with Crippen LogP contribution in [0.5, 0.6) is 0 Å². The van der Waals surface area contributed by atoms with Crippen LogP contribution in [0, 0.1) is 23.7 Å². The number of aliphatic hydroxyl groups is 6. The number of aromatic nitrogens is 1. The van der Waals surface area contributed by atoms with Crippen LogP contribution in [0.3, 0.4) is 0 Å². The third-order valence-corrected chi connectivity index (χ3v) is 16.6. The minimum Gasteiger partial charge on any atom is -0.459 e. The number of nitrogens with one attached hydrogen (secondary N) is 1. The van der Waals surface area contributed by atoms with E-state index in [2.05, 4.69) is 15.5 Å². The van der Waals surface area contributed by atoms with Crippen LogP contribution in [-0.2, 0) is 33.3 Å². The molecule has 2 aromatic rings. The zero-order valence-electron chi connectivity index (χ0n) is 46.2. The Labute approximate surface area is 442 Å². The minimum atomic E-state index is -1.85. The molecule has 20 heteroatoms. The number of amides is 1. The smallest absolute Gasteiger partial charge is 0.309 e. The van der Waals surface area contributed by atoms with E-state index in [1.807, 2.05) is 32.7 Å². The number of hydrogen-bond donors (Lipinski definition) is 8. The molecule has 8 N–H and O–H groups in total. The van der Waals surface area contributed by atoms with E-state index in [1.54, 1.807) is 96.1 Å². The summed E-state index contributed by atoms with van der Waals surface area (Å²) in [5.41, 5.74) is -2.23. The number of likely N-dealkylation sites (N-methyl/N-ethyl adjacent to an activating group) is 2. The maximum Gasteiger partial charge on any atom is 0.309 e. The normalized spacial score (nSPS) is 38.8. The van der Waals surface area contributed by atoms with Gasteiger partial charge in [0, 0.05) is 62.8 Å². The average Bonchev–Trinajstić information content (AvgIpc) is 3.36. The van der Waals surface area contributed by atoms with Gasteiger partial charge in [-0.1, -0.05) is 63.2 Å². The van der Waals surface area contributed by atoms with E-state index in [9.17, 15) is 44.6 Å². The Hall–Kier alpha value is -3.77. The van der Waals surface area contributed by atoms with E-state index < -0.39 is 132 Å². The summed E-state index contributed by atoms with van der Waals surface area (Å²) in [5.74, 6) is -3.98. The van der Waals surface area contributed by atoms with Crippen LogP contribution in [0.25, 0.3) is 11.1 Å². The maximum atomic E-state index is 14.6. The van der Waals surface area contributed by atoms with Crippen molar-refractivity contribution in [3.05, 3.63) is 53.9 Å². The monoisotopic (exact) mass is 1060 g/mol. The predicted molar refractivity (Wildman–Crippen MR) is 278 cm³/mol. The second-order valence-electron chi connectivity index (χ2n) is 22.6. The first-order valence-electron chi connectivity index (χ1n) is 26.5. The van der Waals surface area contributed by atoms with E-state index in [0.29, 0.717) is 24.2 Å². The predicted octanol–water partition coefficient (Wildman–Crippen LogP) is 3.99. The highest BCUT2D eigenvalue weighted by molar-refractivity contribution is 5.78. The molecular formula is C55H88FN5O14. The number of carbonyl (C=O) groups excluding carboxylic acids is 2. The number of rotatable bonds is 15. The minimum absolute atomic E-state index is 0.109. The Bertz CT molecular complexity index is 2160. The molecule has 5 rings (SSSR count). The number of oxime groups is 1. The molecule has 1 unspecified atom stereocenters. The van der Waals surface area contributed by atoms with Crippen molar-refractivity contribution < 1.29 is 73.5 Å². The lowest BCUT2D eigenvalue weighted by Crippen LogP contribution is -2.62. The molecule has 3 saturated heterocycles. The highest BCUT2D eigenvalue weighted by Gasteiger charge is 2.55. The summed E-state index contributed by atoms with van der Waals surface area (Å²) in [6.07, 6.45) is -7.11. The number of methoxy groups -OCH3 is 1. The summed E-state index contributed by atoms with van der Waals surface area (Å²) in [6.45, 7) is 16.9. The number of alkyl halides is 1. The van der Waals surface area contributed by atoms with Crippen molar-refractivity contribution >= 4 is 18.1 Å². The van der Waals surface area contributed by atoms with Gasteiger partial charge in [0.1, 0.15) is 42.8 Å². The SMILES string of the molecule is CC[C@H]1OC(=O)[C@H](C)C([C@H]2C[C@@](C)(OC)[C@@H](O)[C@H](C)O2)[C@H](C)[C@@H](O[C@@H]2O[C@H](C)C[C@H](N(C)CCC(=O)N[C@H](CF)[C@H](O)c3ccc(-c4ccc(/C=N/O)nc4)cc3)[C@H]2O)[C@](C)(O)C[C@@H](C)CN(C)[C@H](C)[C@@H](O)[C@]1(C)O. The zero-order chi connectivity index (χ0) is 55.9. The number of ether oxygens (including phenoxy) is 5. The van der Waals surface area contributed by atoms with Gasteiger partial charge in [-0.05, 0) is 104 Å². The number of carbonyl (C=O) groups is 2. The highest BCUT2D eigenvalue weighted by Crippen LogP contribution is 2.45. The summed E-state index contributed by atoms with van der Waals surface area (Å²) in [4.78, 5) is 35.9. The molecule has 0 bridgehead atoms. The van der Waals surface area contributed by atoms with E-state index in [0.717, 1.165) is 11.1 Å². The van der Waals surface area contributed by atoms with Gasteiger partial charge in [0.15, 0.2) is 6.29 Å². The summed E-state index contributed by atoms with van der Waals surface area (Å²) < 4.78 is 46.5. The van der Waals surface area contributed by atoms with Crippen LogP contribution >= 0.6 is 0 Å². The zero-order valence-corrected chi connectivity index (χ0v) is 46.2. The van der Waals surface area contributed by atoms with Crippen LogP contribution in [0.2, 0.25) is 0 Å². The second kappa shape index (κ2) is 26.3. The molecule has 3 fully saturated rings. The number of benzene rings is 1. The summed E-state index contributed by atoms with van der Waals surface area (Å²) in [6, 6.07) is 7.77. The van der Waals surface area contributed by atoms with Gasteiger partial charge in [0.05, 0.1) is 59.5 Å². The van der Waals surface area contributed by atoms with Crippen molar-refractivity contribution in [3.8, 4) is 11.1 Å².